The molecule has 1 amide bonds. The minimum atomic E-state index is -0.157. The van der Waals surface area contributed by atoms with Gasteiger partial charge in [-0.05, 0) is 41.9 Å². The van der Waals surface area contributed by atoms with E-state index in [1.165, 1.54) is 11.3 Å². The summed E-state index contributed by atoms with van der Waals surface area (Å²) in [5, 5.41) is 13.6. The minimum absolute atomic E-state index is 0.0413. The lowest BCUT2D eigenvalue weighted by atomic mass is 10.1. The fourth-order valence-electron chi connectivity index (χ4n) is 2.64. The summed E-state index contributed by atoms with van der Waals surface area (Å²) < 4.78 is 7.27. The van der Waals surface area contributed by atoms with Crippen molar-refractivity contribution < 1.29 is 9.53 Å². The zero-order valence-electron chi connectivity index (χ0n) is 15.2. The third kappa shape index (κ3) is 3.97. The Morgan fingerprint density at radius 3 is 3.07 bits per heavy atom. The number of thiazole rings is 1. The SMILES string of the molecule is C=C(C)CN=c1scc(-c2ccc3c(c2)NC(=O)CO3)n1N=Cc1ccsc1. The van der Waals surface area contributed by atoms with E-state index >= 15 is 0 Å². The first-order valence-corrected chi connectivity index (χ1v) is 10.4. The number of thiophene rings is 1. The van der Waals surface area contributed by atoms with E-state index in [2.05, 4.69) is 22.0 Å². The second-order valence-electron chi connectivity index (χ2n) is 6.34. The molecule has 0 saturated carbocycles. The van der Waals surface area contributed by atoms with E-state index in [1.54, 1.807) is 11.3 Å². The first kappa shape index (κ1) is 18.4. The van der Waals surface area contributed by atoms with Gasteiger partial charge in [-0.25, -0.2) is 4.68 Å². The van der Waals surface area contributed by atoms with Crippen LogP contribution in [0.4, 0.5) is 5.69 Å². The van der Waals surface area contributed by atoms with Gasteiger partial charge in [0.2, 0.25) is 4.80 Å². The number of benzene rings is 1. The van der Waals surface area contributed by atoms with E-state index in [1.807, 2.05) is 58.2 Å². The van der Waals surface area contributed by atoms with E-state index in [0.29, 0.717) is 18.0 Å². The van der Waals surface area contributed by atoms with Gasteiger partial charge in [-0.1, -0.05) is 12.2 Å². The highest BCUT2D eigenvalue weighted by Crippen LogP contribution is 2.32. The van der Waals surface area contributed by atoms with Crippen molar-refractivity contribution in [3.63, 3.8) is 0 Å². The third-order valence-electron chi connectivity index (χ3n) is 3.94. The van der Waals surface area contributed by atoms with Gasteiger partial charge in [0, 0.05) is 16.5 Å². The summed E-state index contributed by atoms with van der Waals surface area (Å²) >= 11 is 3.14. The van der Waals surface area contributed by atoms with E-state index in [4.69, 9.17) is 4.74 Å². The van der Waals surface area contributed by atoms with Crippen LogP contribution in [0.15, 0.2) is 62.7 Å². The molecular formula is C20H18N4O2S2. The minimum Gasteiger partial charge on any atom is -0.482 e. The predicted molar refractivity (Wildman–Crippen MR) is 114 cm³/mol. The highest BCUT2D eigenvalue weighted by Gasteiger charge is 2.17. The van der Waals surface area contributed by atoms with Gasteiger partial charge in [0.25, 0.3) is 5.91 Å². The second-order valence-corrected chi connectivity index (χ2v) is 7.95. The monoisotopic (exact) mass is 410 g/mol. The molecule has 3 heterocycles. The average Bonchev–Trinajstić information content (AvgIpc) is 3.33. The van der Waals surface area contributed by atoms with E-state index in [9.17, 15) is 4.79 Å². The van der Waals surface area contributed by atoms with Crippen molar-refractivity contribution in [1.82, 2.24) is 4.68 Å². The lowest BCUT2D eigenvalue weighted by Crippen LogP contribution is -2.25. The van der Waals surface area contributed by atoms with Gasteiger partial charge in [-0.15, -0.1) is 11.3 Å². The fraction of sp³-hybridized carbons (Fsp3) is 0.150. The number of nitrogens with one attached hydrogen (secondary N) is 1. The third-order valence-corrected chi connectivity index (χ3v) is 5.50. The fourth-order valence-corrected chi connectivity index (χ4v) is 4.08. The molecule has 0 radical (unpaired) electrons. The van der Waals surface area contributed by atoms with Gasteiger partial charge in [-0.3, -0.25) is 9.79 Å². The molecule has 28 heavy (non-hydrogen) atoms. The molecule has 4 rings (SSSR count). The van der Waals surface area contributed by atoms with Crippen molar-refractivity contribution in [3.8, 4) is 17.0 Å². The molecule has 1 aliphatic heterocycles. The molecule has 6 nitrogen and oxygen atoms in total. The molecule has 0 atom stereocenters. The number of nitrogens with zero attached hydrogens (tertiary/aromatic N) is 3. The number of fused-ring (bicyclic) bond motifs is 1. The van der Waals surface area contributed by atoms with Gasteiger partial charge < -0.3 is 10.1 Å². The predicted octanol–water partition coefficient (Wildman–Crippen LogP) is 3.97. The average molecular weight is 411 g/mol. The van der Waals surface area contributed by atoms with E-state index in [-0.39, 0.29) is 12.5 Å². The van der Waals surface area contributed by atoms with E-state index < -0.39 is 0 Å². The molecule has 8 heteroatoms. The van der Waals surface area contributed by atoms with Gasteiger partial charge in [0.1, 0.15) is 5.75 Å². The standard InChI is InChI=1S/C20H18N4O2S2/c1-13(2)8-21-20-24(22-9-14-5-6-27-11-14)17(12-28-20)15-3-4-18-16(7-15)23-19(25)10-26-18/h3-7,9,11-12H,1,8,10H2,2H3,(H,23,25). The number of carbonyl (C=O) groups excluding carboxylic acids is 1. The van der Waals surface area contributed by atoms with Crippen LogP contribution in [0.2, 0.25) is 0 Å². The summed E-state index contributed by atoms with van der Waals surface area (Å²) in [7, 11) is 0. The quantitative estimate of drug-likeness (QED) is 0.511. The molecule has 0 bridgehead atoms. The number of hydrogen-bond acceptors (Lipinski definition) is 6. The first-order chi connectivity index (χ1) is 13.6. The molecule has 1 aliphatic rings. The molecule has 0 fully saturated rings. The van der Waals surface area contributed by atoms with Crippen molar-refractivity contribution in [3.05, 3.63) is 62.9 Å². The maximum atomic E-state index is 11.6. The Kier molecular flexibility index (Phi) is 5.23. The molecular weight excluding hydrogens is 392 g/mol. The van der Waals surface area contributed by atoms with Crippen LogP contribution in [0.3, 0.4) is 0 Å². The Bertz CT molecular complexity index is 1120. The summed E-state index contributed by atoms with van der Waals surface area (Å²) in [6.45, 7) is 6.45. The van der Waals surface area contributed by atoms with Crippen LogP contribution >= 0.6 is 22.7 Å². The molecule has 1 aromatic carbocycles. The van der Waals surface area contributed by atoms with Gasteiger partial charge >= 0.3 is 0 Å². The zero-order chi connectivity index (χ0) is 19.5. The number of aromatic nitrogens is 1. The number of hydrogen-bond donors (Lipinski definition) is 1. The normalized spacial score (nSPS) is 14.0. The zero-order valence-corrected chi connectivity index (χ0v) is 16.8. The summed E-state index contributed by atoms with van der Waals surface area (Å²) in [6, 6.07) is 7.72. The maximum absolute atomic E-state index is 11.6. The van der Waals surface area contributed by atoms with Crippen LogP contribution in [0.1, 0.15) is 12.5 Å². The Morgan fingerprint density at radius 2 is 2.29 bits per heavy atom. The number of amides is 1. The lowest BCUT2D eigenvalue weighted by Gasteiger charge is -2.18. The van der Waals surface area contributed by atoms with Crippen molar-refractivity contribution in [2.75, 3.05) is 18.5 Å². The Labute approximate surface area is 170 Å². The highest BCUT2D eigenvalue weighted by molar-refractivity contribution is 7.08. The Morgan fingerprint density at radius 1 is 1.39 bits per heavy atom. The van der Waals surface area contributed by atoms with Gasteiger partial charge in [-0.2, -0.15) is 16.4 Å². The smallest absolute Gasteiger partial charge is 0.262 e. The maximum Gasteiger partial charge on any atom is 0.262 e. The lowest BCUT2D eigenvalue weighted by molar-refractivity contribution is -0.118. The molecule has 0 saturated heterocycles. The second kappa shape index (κ2) is 7.95. The topological polar surface area (TPSA) is 68.0 Å². The number of anilines is 1. The number of ether oxygens (including phenoxy) is 1. The van der Waals surface area contributed by atoms with Crippen molar-refractivity contribution >= 4 is 40.5 Å². The van der Waals surface area contributed by atoms with Crippen LogP contribution in [-0.4, -0.2) is 29.9 Å². The number of carbonyl (C=O) groups is 1. The molecule has 3 aromatic rings. The molecule has 0 aliphatic carbocycles. The van der Waals surface area contributed by atoms with Crippen molar-refractivity contribution in [2.24, 2.45) is 10.1 Å². The largest absolute Gasteiger partial charge is 0.482 e. The van der Waals surface area contributed by atoms with Crippen LogP contribution in [0, 0.1) is 0 Å². The van der Waals surface area contributed by atoms with Crippen LogP contribution < -0.4 is 14.9 Å². The first-order valence-electron chi connectivity index (χ1n) is 8.59. The summed E-state index contributed by atoms with van der Waals surface area (Å²) in [4.78, 5) is 17.1. The van der Waals surface area contributed by atoms with E-state index in [0.717, 1.165) is 27.2 Å². The molecule has 0 spiro atoms. The number of rotatable bonds is 5. The Balaban J connectivity index is 1.78. The summed E-state index contributed by atoms with van der Waals surface area (Å²) in [5.41, 5.74) is 4.48. The summed E-state index contributed by atoms with van der Waals surface area (Å²) in [5.74, 6) is 0.509. The molecule has 142 valence electrons. The van der Waals surface area contributed by atoms with Crippen LogP contribution in [0.25, 0.3) is 11.3 Å². The van der Waals surface area contributed by atoms with Gasteiger partial charge in [0.05, 0.1) is 24.1 Å². The molecule has 2 aromatic heterocycles. The van der Waals surface area contributed by atoms with Crippen molar-refractivity contribution in [2.45, 2.75) is 6.92 Å². The molecule has 1 N–H and O–H groups in total. The highest BCUT2D eigenvalue weighted by atomic mass is 32.1. The Hall–Kier alpha value is -2.97. The summed E-state index contributed by atoms with van der Waals surface area (Å²) in [6.07, 6.45) is 1.82. The molecule has 0 unspecified atom stereocenters. The van der Waals surface area contributed by atoms with Crippen LogP contribution in [0.5, 0.6) is 5.75 Å². The van der Waals surface area contributed by atoms with Crippen molar-refractivity contribution in [1.29, 1.82) is 0 Å². The van der Waals surface area contributed by atoms with Gasteiger partial charge in [0.15, 0.2) is 6.61 Å². The van der Waals surface area contributed by atoms with Crippen LogP contribution in [-0.2, 0) is 4.79 Å².